The van der Waals surface area contributed by atoms with Crippen molar-refractivity contribution in [1.29, 1.82) is 0 Å². The molecular weight excluding hydrogens is 252 g/mol. The number of rotatable bonds is 2. The van der Waals surface area contributed by atoms with E-state index in [1.54, 1.807) is 4.90 Å². The molecule has 1 aromatic carbocycles. The SMILES string of the molecule is C[C@H]1c2nnc(Cc3ccccc3)n2[C@@H](C)C(=O)N1C. The summed E-state index contributed by atoms with van der Waals surface area (Å²) in [5.74, 6) is 1.83. The first kappa shape index (κ1) is 12.8. The Morgan fingerprint density at radius 2 is 1.80 bits per heavy atom. The Kier molecular flexibility index (Phi) is 3.04. The molecule has 104 valence electrons. The van der Waals surface area contributed by atoms with Crippen LogP contribution in [0.25, 0.3) is 0 Å². The third-order valence-corrected chi connectivity index (χ3v) is 4.04. The topological polar surface area (TPSA) is 51.0 Å². The quantitative estimate of drug-likeness (QED) is 0.838. The van der Waals surface area contributed by atoms with Crippen LogP contribution in [0.1, 0.15) is 43.1 Å². The molecule has 1 aliphatic heterocycles. The Balaban J connectivity index is 2.00. The van der Waals surface area contributed by atoms with Crippen molar-refractivity contribution >= 4 is 5.91 Å². The molecule has 0 spiro atoms. The Morgan fingerprint density at radius 1 is 1.10 bits per heavy atom. The van der Waals surface area contributed by atoms with Gasteiger partial charge in [-0.15, -0.1) is 10.2 Å². The lowest BCUT2D eigenvalue weighted by atomic mass is 10.1. The number of carbonyl (C=O) groups is 1. The summed E-state index contributed by atoms with van der Waals surface area (Å²) in [5.41, 5.74) is 1.17. The minimum absolute atomic E-state index is 0.0317. The Morgan fingerprint density at radius 3 is 2.50 bits per heavy atom. The van der Waals surface area contributed by atoms with Crippen LogP contribution in [0.2, 0.25) is 0 Å². The normalized spacial score (nSPS) is 21.9. The Bertz CT molecular complexity index is 635. The minimum atomic E-state index is -0.236. The summed E-state index contributed by atoms with van der Waals surface area (Å²) >= 11 is 0. The van der Waals surface area contributed by atoms with E-state index >= 15 is 0 Å². The second-order valence-corrected chi connectivity index (χ2v) is 5.31. The minimum Gasteiger partial charge on any atom is -0.334 e. The van der Waals surface area contributed by atoms with Crippen LogP contribution in [-0.2, 0) is 11.2 Å². The number of benzene rings is 1. The highest BCUT2D eigenvalue weighted by Gasteiger charge is 2.35. The molecule has 1 amide bonds. The molecule has 2 aromatic rings. The highest BCUT2D eigenvalue weighted by atomic mass is 16.2. The van der Waals surface area contributed by atoms with Gasteiger partial charge in [0.1, 0.15) is 11.9 Å². The van der Waals surface area contributed by atoms with Crippen LogP contribution in [0.3, 0.4) is 0 Å². The highest BCUT2D eigenvalue weighted by Crippen LogP contribution is 2.30. The van der Waals surface area contributed by atoms with E-state index in [-0.39, 0.29) is 18.0 Å². The number of aromatic nitrogens is 3. The van der Waals surface area contributed by atoms with Crippen LogP contribution < -0.4 is 0 Å². The monoisotopic (exact) mass is 270 g/mol. The van der Waals surface area contributed by atoms with Gasteiger partial charge in [-0.2, -0.15) is 0 Å². The maximum absolute atomic E-state index is 12.3. The lowest BCUT2D eigenvalue weighted by Crippen LogP contribution is -2.42. The molecule has 0 aliphatic carbocycles. The van der Waals surface area contributed by atoms with Crippen LogP contribution in [0.15, 0.2) is 30.3 Å². The number of carbonyl (C=O) groups excluding carboxylic acids is 1. The van der Waals surface area contributed by atoms with Crippen molar-refractivity contribution in [1.82, 2.24) is 19.7 Å². The third kappa shape index (κ3) is 1.90. The smallest absolute Gasteiger partial charge is 0.245 e. The lowest BCUT2D eigenvalue weighted by molar-refractivity contribution is -0.137. The Labute approximate surface area is 118 Å². The van der Waals surface area contributed by atoms with Crippen molar-refractivity contribution in [3.63, 3.8) is 0 Å². The molecule has 2 atom stereocenters. The van der Waals surface area contributed by atoms with E-state index in [1.165, 1.54) is 5.56 Å². The van der Waals surface area contributed by atoms with E-state index in [9.17, 15) is 4.79 Å². The Hall–Kier alpha value is -2.17. The molecule has 1 aliphatic rings. The third-order valence-electron chi connectivity index (χ3n) is 4.04. The fourth-order valence-electron chi connectivity index (χ4n) is 2.71. The summed E-state index contributed by atoms with van der Waals surface area (Å²) in [7, 11) is 1.82. The summed E-state index contributed by atoms with van der Waals surface area (Å²) in [6.07, 6.45) is 0.696. The van der Waals surface area contributed by atoms with Crippen LogP contribution >= 0.6 is 0 Å². The molecule has 0 bridgehead atoms. The van der Waals surface area contributed by atoms with E-state index in [4.69, 9.17) is 0 Å². The van der Waals surface area contributed by atoms with E-state index in [0.29, 0.717) is 6.42 Å². The average Bonchev–Trinajstić information content (AvgIpc) is 2.88. The molecular formula is C15H18N4O. The zero-order chi connectivity index (χ0) is 14.3. The van der Waals surface area contributed by atoms with Crippen LogP contribution in [0.4, 0.5) is 0 Å². The molecule has 0 saturated carbocycles. The molecule has 0 fully saturated rings. The molecule has 5 heteroatoms. The number of likely N-dealkylation sites (N-methyl/N-ethyl adjacent to an activating group) is 1. The second-order valence-electron chi connectivity index (χ2n) is 5.31. The first-order chi connectivity index (χ1) is 9.59. The lowest BCUT2D eigenvalue weighted by Gasteiger charge is -2.34. The molecule has 2 heterocycles. The second kappa shape index (κ2) is 4.74. The van der Waals surface area contributed by atoms with Crippen molar-refractivity contribution in [3.05, 3.63) is 47.5 Å². The summed E-state index contributed by atoms with van der Waals surface area (Å²) < 4.78 is 1.99. The van der Waals surface area contributed by atoms with Gasteiger partial charge in [-0.1, -0.05) is 30.3 Å². The maximum atomic E-state index is 12.3. The van der Waals surface area contributed by atoms with Gasteiger partial charge < -0.3 is 9.47 Å². The molecule has 5 nitrogen and oxygen atoms in total. The number of hydrogen-bond donors (Lipinski definition) is 0. The van der Waals surface area contributed by atoms with Gasteiger partial charge in [-0.25, -0.2) is 0 Å². The maximum Gasteiger partial charge on any atom is 0.245 e. The van der Waals surface area contributed by atoms with Gasteiger partial charge in [-0.05, 0) is 19.4 Å². The largest absolute Gasteiger partial charge is 0.334 e. The van der Waals surface area contributed by atoms with E-state index < -0.39 is 0 Å². The van der Waals surface area contributed by atoms with Crippen LogP contribution in [0, 0.1) is 0 Å². The van der Waals surface area contributed by atoms with Gasteiger partial charge in [0.25, 0.3) is 0 Å². The molecule has 0 unspecified atom stereocenters. The van der Waals surface area contributed by atoms with Gasteiger partial charge in [0, 0.05) is 13.5 Å². The van der Waals surface area contributed by atoms with Crippen LogP contribution in [0.5, 0.6) is 0 Å². The fourth-order valence-corrected chi connectivity index (χ4v) is 2.71. The molecule has 1 aromatic heterocycles. The van der Waals surface area contributed by atoms with E-state index in [0.717, 1.165) is 11.6 Å². The molecule has 0 N–H and O–H groups in total. The predicted molar refractivity (Wildman–Crippen MR) is 75.2 cm³/mol. The first-order valence-corrected chi connectivity index (χ1v) is 6.84. The summed E-state index contributed by atoms with van der Waals surface area (Å²) in [6, 6.07) is 9.86. The summed E-state index contributed by atoms with van der Waals surface area (Å²) in [6.45, 7) is 3.89. The molecule has 3 rings (SSSR count). The van der Waals surface area contributed by atoms with Crippen molar-refractivity contribution in [2.24, 2.45) is 0 Å². The van der Waals surface area contributed by atoms with E-state index in [2.05, 4.69) is 22.3 Å². The van der Waals surface area contributed by atoms with Crippen LogP contribution in [-0.4, -0.2) is 32.6 Å². The van der Waals surface area contributed by atoms with Crippen molar-refractivity contribution < 1.29 is 4.79 Å². The van der Waals surface area contributed by atoms with Gasteiger partial charge in [-0.3, -0.25) is 4.79 Å². The highest BCUT2D eigenvalue weighted by molar-refractivity contribution is 5.81. The molecule has 20 heavy (non-hydrogen) atoms. The number of fused-ring (bicyclic) bond motifs is 1. The predicted octanol–water partition coefficient (Wildman–Crippen LogP) is 1.96. The summed E-state index contributed by atoms with van der Waals surface area (Å²) in [5, 5.41) is 8.59. The van der Waals surface area contributed by atoms with Gasteiger partial charge in [0.15, 0.2) is 5.82 Å². The van der Waals surface area contributed by atoms with E-state index in [1.807, 2.05) is 43.7 Å². The number of amides is 1. The zero-order valence-electron chi connectivity index (χ0n) is 11.9. The van der Waals surface area contributed by atoms with Gasteiger partial charge in [0.05, 0.1) is 6.04 Å². The average molecular weight is 270 g/mol. The van der Waals surface area contributed by atoms with Crippen molar-refractivity contribution in [2.45, 2.75) is 32.4 Å². The standard InChI is InChI=1S/C15H18N4O/c1-10-14-17-16-13(9-12-7-5-4-6-8-12)19(14)11(2)15(20)18(10)3/h4-8,10-11H,9H2,1-3H3/t10-,11-/m0/s1. The van der Waals surface area contributed by atoms with Gasteiger partial charge >= 0.3 is 0 Å². The van der Waals surface area contributed by atoms with Crippen molar-refractivity contribution in [2.75, 3.05) is 7.05 Å². The zero-order valence-corrected chi connectivity index (χ0v) is 11.9. The fraction of sp³-hybridized carbons (Fsp3) is 0.400. The van der Waals surface area contributed by atoms with Crippen molar-refractivity contribution in [3.8, 4) is 0 Å². The summed E-state index contributed by atoms with van der Waals surface area (Å²) in [4.78, 5) is 14.0. The number of nitrogens with zero attached hydrogens (tertiary/aromatic N) is 4. The first-order valence-electron chi connectivity index (χ1n) is 6.84. The number of hydrogen-bond acceptors (Lipinski definition) is 3. The molecule has 0 saturated heterocycles. The van der Waals surface area contributed by atoms with Gasteiger partial charge in [0.2, 0.25) is 5.91 Å². The molecule has 0 radical (unpaired) electrons.